The predicted octanol–water partition coefficient (Wildman–Crippen LogP) is 1.63. The van der Waals surface area contributed by atoms with Gasteiger partial charge in [-0.3, -0.25) is 4.90 Å². The summed E-state index contributed by atoms with van der Waals surface area (Å²) in [6, 6.07) is 8.27. The number of nitrogens with one attached hydrogen (secondary N) is 1. The molecular weight excluding hydrogens is 252 g/mol. The number of fused-ring (bicyclic) bond motifs is 1. The second-order valence-electron chi connectivity index (χ2n) is 5.80. The summed E-state index contributed by atoms with van der Waals surface area (Å²) in [5.41, 5.74) is 1.10. The van der Waals surface area contributed by atoms with E-state index in [1.807, 2.05) is 19.2 Å². The number of hydrogen-bond donors (Lipinski definition) is 2. The molecule has 2 rings (SSSR count). The summed E-state index contributed by atoms with van der Waals surface area (Å²) in [6.07, 6.45) is 2.04. The third-order valence-electron chi connectivity index (χ3n) is 4.19. The molecule has 112 valence electrons. The van der Waals surface area contributed by atoms with Gasteiger partial charge in [0.05, 0.1) is 6.61 Å². The van der Waals surface area contributed by atoms with Crippen molar-refractivity contribution in [2.24, 2.45) is 0 Å². The fraction of sp³-hybridized carbons (Fsp3) is 0.625. The van der Waals surface area contributed by atoms with Crippen LogP contribution >= 0.6 is 0 Å². The molecule has 1 aliphatic heterocycles. The summed E-state index contributed by atoms with van der Waals surface area (Å²) < 4.78 is 5.77. The van der Waals surface area contributed by atoms with E-state index in [-0.39, 0.29) is 12.1 Å². The first kappa shape index (κ1) is 15.3. The molecule has 0 bridgehead atoms. The number of aliphatic hydroxyl groups excluding tert-OH is 1. The fourth-order valence-electron chi connectivity index (χ4n) is 2.55. The van der Waals surface area contributed by atoms with Crippen molar-refractivity contribution in [3.05, 3.63) is 29.8 Å². The minimum Gasteiger partial charge on any atom is -0.492 e. The van der Waals surface area contributed by atoms with E-state index in [1.54, 1.807) is 0 Å². The van der Waals surface area contributed by atoms with Crippen LogP contribution in [0, 0.1) is 0 Å². The Hall–Kier alpha value is -1.10. The summed E-state index contributed by atoms with van der Waals surface area (Å²) in [5, 5.41) is 12.6. The largest absolute Gasteiger partial charge is 0.492 e. The third kappa shape index (κ3) is 3.95. The van der Waals surface area contributed by atoms with Crippen LogP contribution < -0.4 is 10.1 Å². The average molecular weight is 278 g/mol. The molecule has 4 nitrogen and oxygen atoms in total. The molecule has 0 saturated carbocycles. The summed E-state index contributed by atoms with van der Waals surface area (Å²) in [5.74, 6) is 1.02. The first-order valence-corrected chi connectivity index (χ1v) is 7.40. The van der Waals surface area contributed by atoms with E-state index in [2.05, 4.69) is 29.3 Å². The maximum absolute atomic E-state index is 9.40. The minimum absolute atomic E-state index is 0.166. The molecule has 20 heavy (non-hydrogen) atoms. The van der Waals surface area contributed by atoms with Gasteiger partial charge in [-0.15, -0.1) is 0 Å². The molecule has 1 aromatic carbocycles. The van der Waals surface area contributed by atoms with Gasteiger partial charge in [0.25, 0.3) is 0 Å². The second-order valence-corrected chi connectivity index (χ2v) is 5.80. The molecular formula is C16H26N2O2. The van der Waals surface area contributed by atoms with Gasteiger partial charge < -0.3 is 15.2 Å². The Morgan fingerprint density at radius 1 is 1.40 bits per heavy atom. The Labute approximate surface area is 121 Å². The van der Waals surface area contributed by atoms with Gasteiger partial charge in [-0.25, -0.2) is 0 Å². The molecule has 0 aromatic heterocycles. The molecule has 0 amide bonds. The van der Waals surface area contributed by atoms with Crippen LogP contribution in [0.4, 0.5) is 0 Å². The van der Waals surface area contributed by atoms with Gasteiger partial charge in [0.2, 0.25) is 0 Å². The van der Waals surface area contributed by atoms with E-state index < -0.39 is 0 Å². The number of likely N-dealkylation sites (N-methyl/N-ethyl adjacent to an activating group) is 1. The fourth-order valence-corrected chi connectivity index (χ4v) is 2.55. The van der Waals surface area contributed by atoms with E-state index in [4.69, 9.17) is 4.74 Å². The monoisotopic (exact) mass is 278 g/mol. The molecule has 1 atom stereocenters. The number of benzene rings is 1. The van der Waals surface area contributed by atoms with Crippen LogP contribution in [0.15, 0.2) is 24.3 Å². The lowest BCUT2D eigenvalue weighted by atomic mass is 9.97. The van der Waals surface area contributed by atoms with Crippen LogP contribution in [-0.4, -0.2) is 48.9 Å². The minimum atomic E-state index is -0.166. The lowest BCUT2D eigenvalue weighted by molar-refractivity contribution is 0.160. The molecule has 1 heterocycles. The average Bonchev–Trinajstić information content (AvgIpc) is 2.68. The zero-order chi connectivity index (χ0) is 14.4. The summed E-state index contributed by atoms with van der Waals surface area (Å²) in [4.78, 5) is 2.43. The standard InChI is InChI=1S/C16H26N2O2/c1-16(13-19,17-2)8-5-9-18-10-11-20-15-7-4-3-6-14(15)12-18/h3-4,6-7,17,19H,5,8-13H2,1-2H3. The highest BCUT2D eigenvalue weighted by atomic mass is 16.5. The van der Waals surface area contributed by atoms with E-state index in [1.165, 1.54) is 5.56 Å². The summed E-state index contributed by atoms with van der Waals surface area (Å²) in [7, 11) is 1.91. The van der Waals surface area contributed by atoms with Crippen LogP contribution in [0.25, 0.3) is 0 Å². The van der Waals surface area contributed by atoms with Gasteiger partial charge >= 0.3 is 0 Å². The van der Waals surface area contributed by atoms with Crippen LogP contribution in [0.2, 0.25) is 0 Å². The van der Waals surface area contributed by atoms with E-state index in [0.717, 1.165) is 44.8 Å². The molecule has 0 aliphatic carbocycles. The molecule has 0 radical (unpaired) electrons. The van der Waals surface area contributed by atoms with Crippen molar-refractivity contribution in [1.29, 1.82) is 0 Å². The molecule has 0 fully saturated rings. The predicted molar refractivity (Wildman–Crippen MR) is 81.0 cm³/mol. The molecule has 0 spiro atoms. The summed E-state index contributed by atoms with van der Waals surface area (Å²) in [6.45, 7) is 5.94. The second kappa shape index (κ2) is 7.07. The Bertz CT molecular complexity index is 419. The van der Waals surface area contributed by atoms with Crippen molar-refractivity contribution in [1.82, 2.24) is 10.2 Å². The Morgan fingerprint density at radius 3 is 2.95 bits per heavy atom. The maximum atomic E-state index is 9.40. The molecule has 1 aromatic rings. The number of hydrogen-bond acceptors (Lipinski definition) is 4. The van der Waals surface area contributed by atoms with E-state index in [9.17, 15) is 5.11 Å². The number of rotatable bonds is 6. The smallest absolute Gasteiger partial charge is 0.123 e. The Morgan fingerprint density at radius 2 is 2.20 bits per heavy atom. The van der Waals surface area contributed by atoms with Gasteiger partial charge in [-0.1, -0.05) is 18.2 Å². The van der Waals surface area contributed by atoms with Gasteiger partial charge in [-0.05, 0) is 39.4 Å². The first-order valence-electron chi connectivity index (χ1n) is 7.40. The molecule has 2 N–H and O–H groups in total. The lowest BCUT2D eigenvalue weighted by Crippen LogP contribution is -2.44. The van der Waals surface area contributed by atoms with Crippen molar-refractivity contribution >= 4 is 0 Å². The van der Waals surface area contributed by atoms with Crippen LogP contribution in [0.1, 0.15) is 25.3 Å². The Kier molecular flexibility index (Phi) is 5.40. The van der Waals surface area contributed by atoms with Crippen molar-refractivity contribution in [2.75, 3.05) is 33.4 Å². The zero-order valence-electron chi connectivity index (χ0n) is 12.6. The molecule has 4 heteroatoms. The highest BCUT2D eigenvalue weighted by Crippen LogP contribution is 2.22. The van der Waals surface area contributed by atoms with Gasteiger partial charge in [-0.2, -0.15) is 0 Å². The van der Waals surface area contributed by atoms with E-state index in [0.29, 0.717) is 0 Å². The molecule has 1 unspecified atom stereocenters. The highest BCUT2D eigenvalue weighted by molar-refractivity contribution is 5.33. The zero-order valence-corrected chi connectivity index (χ0v) is 12.6. The van der Waals surface area contributed by atoms with Crippen molar-refractivity contribution in [3.63, 3.8) is 0 Å². The summed E-state index contributed by atoms with van der Waals surface area (Å²) >= 11 is 0. The highest BCUT2D eigenvalue weighted by Gasteiger charge is 2.21. The van der Waals surface area contributed by atoms with Crippen molar-refractivity contribution in [2.45, 2.75) is 31.8 Å². The maximum Gasteiger partial charge on any atom is 0.123 e. The topological polar surface area (TPSA) is 44.7 Å². The van der Waals surface area contributed by atoms with Crippen LogP contribution in [0.3, 0.4) is 0 Å². The van der Waals surface area contributed by atoms with Gasteiger partial charge in [0, 0.05) is 24.2 Å². The third-order valence-corrected chi connectivity index (χ3v) is 4.19. The number of ether oxygens (including phenoxy) is 1. The normalized spacial score (nSPS) is 18.8. The molecule has 0 saturated heterocycles. The van der Waals surface area contributed by atoms with Crippen molar-refractivity contribution < 1.29 is 9.84 Å². The first-order chi connectivity index (χ1) is 9.67. The number of para-hydroxylation sites is 1. The van der Waals surface area contributed by atoms with Gasteiger partial charge in [0.15, 0.2) is 0 Å². The number of aliphatic hydroxyl groups is 1. The lowest BCUT2D eigenvalue weighted by Gasteiger charge is -2.28. The quantitative estimate of drug-likeness (QED) is 0.830. The molecule has 1 aliphatic rings. The van der Waals surface area contributed by atoms with Crippen LogP contribution in [0.5, 0.6) is 5.75 Å². The Balaban J connectivity index is 1.85. The van der Waals surface area contributed by atoms with Crippen LogP contribution in [-0.2, 0) is 6.54 Å². The van der Waals surface area contributed by atoms with Gasteiger partial charge in [0.1, 0.15) is 12.4 Å². The number of nitrogens with zero attached hydrogens (tertiary/aromatic N) is 1. The SMILES string of the molecule is CNC(C)(CO)CCCN1CCOc2ccccc2C1. The van der Waals surface area contributed by atoms with Crippen molar-refractivity contribution in [3.8, 4) is 5.75 Å². The van der Waals surface area contributed by atoms with E-state index >= 15 is 0 Å².